The van der Waals surface area contributed by atoms with Crippen molar-refractivity contribution in [2.24, 2.45) is 0 Å². The Morgan fingerprint density at radius 1 is 0.960 bits per heavy atom. The van der Waals surface area contributed by atoms with E-state index in [1.165, 1.54) is 0 Å². The molecule has 3 heterocycles. The van der Waals surface area contributed by atoms with Crippen LogP contribution in [0.4, 0.5) is 0 Å². The zero-order valence-electron chi connectivity index (χ0n) is 14.9. The summed E-state index contributed by atoms with van der Waals surface area (Å²) >= 11 is 0. The van der Waals surface area contributed by atoms with Crippen LogP contribution in [0.25, 0.3) is 0 Å². The minimum absolute atomic E-state index is 0.0143. The second-order valence-electron chi connectivity index (χ2n) is 6.65. The SMILES string of the molecule is Cc1ccc(CC(=O)N2CCN(C(=O)Cc3ccc(C)o3)[C@H](C)C2)o1. The van der Waals surface area contributed by atoms with Crippen molar-refractivity contribution < 1.29 is 18.4 Å². The van der Waals surface area contributed by atoms with Gasteiger partial charge in [0.1, 0.15) is 23.0 Å². The van der Waals surface area contributed by atoms with Gasteiger partial charge in [0.15, 0.2) is 0 Å². The Hall–Kier alpha value is -2.50. The summed E-state index contributed by atoms with van der Waals surface area (Å²) in [5.74, 6) is 3.05. The number of piperazine rings is 1. The molecule has 1 aliphatic heterocycles. The zero-order chi connectivity index (χ0) is 18.0. The van der Waals surface area contributed by atoms with Crippen LogP contribution >= 0.6 is 0 Å². The fourth-order valence-electron chi connectivity index (χ4n) is 3.23. The average molecular weight is 344 g/mol. The molecule has 0 spiro atoms. The van der Waals surface area contributed by atoms with Crippen molar-refractivity contribution in [2.45, 2.75) is 39.7 Å². The van der Waals surface area contributed by atoms with Crippen molar-refractivity contribution in [1.29, 1.82) is 0 Å². The maximum Gasteiger partial charge on any atom is 0.230 e. The lowest BCUT2D eigenvalue weighted by atomic mass is 10.1. The summed E-state index contributed by atoms with van der Waals surface area (Å²) in [6.07, 6.45) is 0.526. The molecule has 1 saturated heterocycles. The van der Waals surface area contributed by atoms with Gasteiger partial charge in [-0.3, -0.25) is 9.59 Å². The Labute approximate surface area is 147 Å². The number of carbonyl (C=O) groups excluding carboxylic acids is 2. The average Bonchev–Trinajstić information content (AvgIpc) is 3.15. The Kier molecular flexibility index (Phi) is 4.97. The van der Waals surface area contributed by atoms with Gasteiger partial charge in [-0.05, 0) is 45.0 Å². The third kappa shape index (κ3) is 4.13. The van der Waals surface area contributed by atoms with Crippen molar-refractivity contribution >= 4 is 11.8 Å². The molecule has 2 aromatic heterocycles. The predicted octanol–water partition coefficient (Wildman–Crippen LogP) is 2.33. The molecule has 2 aromatic rings. The van der Waals surface area contributed by atoms with Crippen molar-refractivity contribution in [1.82, 2.24) is 9.80 Å². The van der Waals surface area contributed by atoms with Crippen LogP contribution in [0.5, 0.6) is 0 Å². The van der Waals surface area contributed by atoms with E-state index in [1.54, 1.807) is 0 Å². The maximum absolute atomic E-state index is 12.5. The summed E-state index contributed by atoms with van der Waals surface area (Å²) in [5, 5.41) is 0. The molecule has 0 saturated carbocycles. The fraction of sp³-hybridized carbons (Fsp3) is 0.474. The lowest BCUT2D eigenvalue weighted by Gasteiger charge is -2.39. The molecule has 6 heteroatoms. The maximum atomic E-state index is 12.5. The van der Waals surface area contributed by atoms with Gasteiger partial charge >= 0.3 is 0 Å². The quantitative estimate of drug-likeness (QED) is 0.854. The van der Waals surface area contributed by atoms with E-state index in [1.807, 2.05) is 54.8 Å². The van der Waals surface area contributed by atoms with Crippen LogP contribution < -0.4 is 0 Å². The topological polar surface area (TPSA) is 66.9 Å². The Morgan fingerprint density at radius 2 is 1.52 bits per heavy atom. The van der Waals surface area contributed by atoms with Crippen molar-refractivity contribution in [2.75, 3.05) is 19.6 Å². The van der Waals surface area contributed by atoms with Crippen LogP contribution in [0.3, 0.4) is 0 Å². The van der Waals surface area contributed by atoms with Crippen LogP contribution in [0, 0.1) is 13.8 Å². The third-order valence-electron chi connectivity index (χ3n) is 4.54. The molecule has 1 atom stereocenters. The highest BCUT2D eigenvalue weighted by molar-refractivity contribution is 5.80. The first kappa shape index (κ1) is 17.3. The van der Waals surface area contributed by atoms with E-state index in [4.69, 9.17) is 8.83 Å². The highest BCUT2D eigenvalue weighted by atomic mass is 16.3. The van der Waals surface area contributed by atoms with Gasteiger partial charge < -0.3 is 18.6 Å². The van der Waals surface area contributed by atoms with Crippen LogP contribution in [0.2, 0.25) is 0 Å². The third-order valence-corrected chi connectivity index (χ3v) is 4.54. The summed E-state index contributed by atoms with van der Waals surface area (Å²) in [7, 11) is 0. The van der Waals surface area contributed by atoms with Gasteiger partial charge in [-0.2, -0.15) is 0 Å². The lowest BCUT2D eigenvalue weighted by Crippen LogP contribution is -2.56. The molecule has 2 amide bonds. The number of hydrogen-bond donors (Lipinski definition) is 0. The van der Waals surface area contributed by atoms with Crippen LogP contribution in [-0.2, 0) is 22.4 Å². The zero-order valence-corrected chi connectivity index (χ0v) is 14.9. The van der Waals surface area contributed by atoms with Gasteiger partial charge in [0.25, 0.3) is 0 Å². The number of furan rings is 2. The van der Waals surface area contributed by atoms with E-state index in [0.717, 1.165) is 11.5 Å². The number of nitrogens with zero attached hydrogens (tertiary/aromatic N) is 2. The van der Waals surface area contributed by atoms with Crippen LogP contribution in [0.15, 0.2) is 33.1 Å². The van der Waals surface area contributed by atoms with E-state index in [0.29, 0.717) is 31.2 Å². The summed E-state index contributed by atoms with van der Waals surface area (Å²) in [6.45, 7) is 7.33. The minimum atomic E-state index is -0.0143. The molecule has 0 N–H and O–H groups in total. The largest absolute Gasteiger partial charge is 0.466 e. The molecule has 0 aliphatic carbocycles. The first-order chi connectivity index (χ1) is 11.9. The van der Waals surface area contributed by atoms with E-state index < -0.39 is 0 Å². The molecule has 1 aliphatic rings. The Morgan fingerprint density at radius 3 is 2.00 bits per heavy atom. The van der Waals surface area contributed by atoms with Gasteiger partial charge in [0.2, 0.25) is 11.8 Å². The first-order valence-corrected chi connectivity index (χ1v) is 8.60. The molecule has 6 nitrogen and oxygen atoms in total. The second-order valence-corrected chi connectivity index (χ2v) is 6.65. The molecule has 0 bridgehead atoms. The molecule has 0 unspecified atom stereocenters. The number of aryl methyl sites for hydroxylation is 2. The second kappa shape index (κ2) is 7.17. The summed E-state index contributed by atoms with van der Waals surface area (Å²) in [6, 6.07) is 7.38. The number of hydrogen-bond acceptors (Lipinski definition) is 4. The van der Waals surface area contributed by atoms with Gasteiger partial charge in [0.05, 0.1) is 12.8 Å². The number of amides is 2. The van der Waals surface area contributed by atoms with Crippen molar-refractivity contribution in [3.8, 4) is 0 Å². The monoisotopic (exact) mass is 344 g/mol. The van der Waals surface area contributed by atoms with Crippen molar-refractivity contribution in [3.63, 3.8) is 0 Å². The number of rotatable bonds is 4. The van der Waals surface area contributed by atoms with E-state index in [-0.39, 0.29) is 30.7 Å². The normalized spacial score (nSPS) is 17.8. The molecule has 25 heavy (non-hydrogen) atoms. The molecule has 0 aromatic carbocycles. The molecular formula is C19H24N2O4. The minimum Gasteiger partial charge on any atom is -0.466 e. The summed E-state index contributed by atoms with van der Waals surface area (Å²) in [4.78, 5) is 28.6. The molecule has 1 fully saturated rings. The summed E-state index contributed by atoms with van der Waals surface area (Å²) < 4.78 is 11.0. The Bertz CT molecular complexity index is 761. The van der Waals surface area contributed by atoms with E-state index >= 15 is 0 Å². The number of carbonyl (C=O) groups is 2. The van der Waals surface area contributed by atoms with Gasteiger partial charge in [-0.15, -0.1) is 0 Å². The summed E-state index contributed by atoms with van der Waals surface area (Å²) in [5.41, 5.74) is 0. The molecule has 3 rings (SSSR count). The van der Waals surface area contributed by atoms with Gasteiger partial charge in [-0.1, -0.05) is 0 Å². The van der Waals surface area contributed by atoms with E-state index in [2.05, 4.69) is 0 Å². The van der Waals surface area contributed by atoms with Crippen molar-refractivity contribution in [3.05, 3.63) is 47.3 Å². The van der Waals surface area contributed by atoms with Gasteiger partial charge in [0, 0.05) is 25.7 Å². The van der Waals surface area contributed by atoms with E-state index in [9.17, 15) is 9.59 Å². The van der Waals surface area contributed by atoms with Crippen LogP contribution in [0.1, 0.15) is 30.0 Å². The molecular weight excluding hydrogens is 320 g/mol. The fourth-order valence-corrected chi connectivity index (χ4v) is 3.23. The lowest BCUT2D eigenvalue weighted by molar-refractivity contribution is -0.142. The molecule has 134 valence electrons. The highest BCUT2D eigenvalue weighted by Crippen LogP contribution is 2.16. The highest BCUT2D eigenvalue weighted by Gasteiger charge is 2.30. The standard InChI is InChI=1S/C19H24N2O4/c1-13-12-20(18(22)10-16-6-4-14(2)24-16)8-9-21(13)19(23)11-17-7-5-15(3)25-17/h4-7,13H,8-12H2,1-3H3/t13-/m1/s1. The predicted molar refractivity (Wildman–Crippen MR) is 92.1 cm³/mol. The first-order valence-electron chi connectivity index (χ1n) is 8.60. The van der Waals surface area contributed by atoms with Gasteiger partial charge in [-0.25, -0.2) is 0 Å². The Balaban J connectivity index is 1.54. The molecule has 0 radical (unpaired) electrons. The smallest absolute Gasteiger partial charge is 0.230 e. The van der Waals surface area contributed by atoms with Crippen LogP contribution in [-0.4, -0.2) is 47.3 Å².